The van der Waals surface area contributed by atoms with Gasteiger partial charge in [0.2, 0.25) is 0 Å². The monoisotopic (exact) mass is 365 g/mol. The minimum absolute atomic E-state index is 0.0862. The Kier molecular flexibility index (Phi) is 5.56. The third-order valence-corrected chi connectivity index (χ3v) is 5.19. The molecule has 0 saturated carbocycles. The lowest BCUT2D eigenvalue weighted by molar-refractivity contribution is 0.0898. The Morgan fingerprint density at radius 3 is 2.80 bits per heavy atom. The highest BCUT2D eigenvalue weighted by Crippen LogP contribution is 2.39. The summed E-state index contributed by atoms with van der Waals surface area (Å²) in [7, 11) is 0. The van der Waals surface area contributed by atoms with Crippen molar-refractivity contribution in [3.63, 3.8) is 0 Å². The van der Waals surface area contributed by atoms with Gasteiger partial charge in [-0.2, -0.15) is 0 Å². The molecule has 6 heteroatoms. The number of nitrogens with two attached hydrogens (primary N) is 1. The van der Waals surface area contributed by atoms with Crippen LogP contribution >= 0.6 is 11.6 Å². The van der Waals surface area contributed by atoms with Crippen molar-refractivity contribution in [1.82, 2.24) is 10.2 Å². The molecule has 1 fully saturated rings. The van der Waals surface area contributed by atoms with Gasteiger partial charge in [0.05, 0.1) is 5.56 Å². The summed E-state index contributed by atoms with van der Waals surface area (Å²) < 4.78 is 6.01. The third kappa shape index (κ3) is 4.46. The number of benzene rings is 1. The van der Waals surface area contributed by atoms with E-state index in [-0.39, 0.29) is 17.6 Å². The van der Waals surface area contributed by atoms with Crippen molar-refractivity contribution in [2.75, 3.05) is 26.2 Å². The average Bonchev–Trinajstić information content (AvgIpc) is 2.87. The summed E-state index contributed by atoms with van der Waals surface area (Å²) in [6.45, 7) is 7.83. The first-order valence-electron chi connectivity index (χ1n) is 9.13. The Morgan fingerprint density at radius 1 is 1.40 bits per heavy atom. The molecular formula is C19H28ClN3O2. The summed E-state index contributed by atoms with van der Waals surface area (Å²) in [6.07, 6.45) is 3.72. The Morgan fingerprint density at radius 2 is 2.12 bits per heavy atom. The lowest BCUT2D eigenvalue weighted by Crippen LogP contribution is -2.45. The quantitative estimate of drug-likeness (QED) is 0.841. The Labute approximate surface area is 154 Å². The molecule has 138 valence electrons. The van der Waals surface area contributed by atoms with Crippen LogP contribution in [-0.2, 0) is 6.42 Å². The van der Waals surface area contributed by atoms with Gasteiger partial charge in [-0.05, 0) is 58.3 Å². The van der Waals surface area contributed by atoms with E-state index in [0.29, 0.717) is 16.3 Å². The maximum absolute atomic E-state index is 12.8. The minimum atomic E-state index is -0.295. The van der Waals surface area contributed by atoms with Gasteiger partial charge in [0.15, 0.2) is 0 Å². The second-order valence-electron chi connectivity index (χ2n) is 7.71. The molecule has 0 bridgehead atoms. The second kappa shape index (κ2) is 7.52. The van der Waals surface area contributed by atoms with Crippen LogP contribution in [0.25, 0.3) is 0 Å². The van der Waals surface area contributed by atoms with E-state index in [1.807, 2.05) is 19.9 Å². The van der Waals surface area contributed by atoms with Crippen LogP contribution in [0.15, 0.2) is 12.1 Å². The molecule has 1 amide bonds. The maximum Gasteiger partial charge on any atom is 0.255 e. The van der Waals surface area contributed by atoms with E-state index in [1.54, 1.807) is 6.07 Å². The van der Waals surface area contributed by atoms with Gasteiger partial charge in [-0.1, -0.05) is 11.6 Å². The number of hydrogen-bond donors (Lipinski definition) is 2. The number of ether oxygens (including phenoxy) is 1. The topological polar surface area (TPSA) is 67.6 Å². The molecular weight excluding hydrogens is 338 g/mol. The highest BCUT2D eigenvalue weighted by molar-refractivity contribution is 6.31. The van der Waals surface area contributed by atoms with E-state index in [2.05, 4.69) is 10.2 Å². The standard InChI is InChI=1S/C19H28ClN3O2/c1-19(2)12-13-10-14(20)11-16(17(13)25-19)18(24)22-15-4-8-23(9-5-15)7-3-6-21/h10-11,15H,3-9,12,21H2,1-2H3,(H,22,24). The SMILES string of the molecule is CC1(C)Cc2cc(Cl)cc(C(=O)NC3CCN(CCCN)CC3)c2O1. The smallest absolute Gasteiger partial charge is 0.255 e. The van der Waals surface area contributed by atoms with Crippen LogP contribution in [0.2, 0.25) is 5.02 Å². The molecule has 2 aliphatic rings. The number of nitrogens with one attached hydrogen (secondary N) is 1. The van der Waals surface area contributed by atoms with Crippen LogP contribution in [0.3, 0.4) is 0 Å². The normalized spacial score (nSPS) is 20.2. The molecule has 0 aliphatic carbocycles. The number of amides is 1. The molecule has 0 unspecified atom stereocenters. The first kappa shape index (κ1) is 18.5. The summed E-state index contributed by atoms with van der Waals surface area (Å²) >= 11 is 6.22. The molecule has 5 nitrogen and oxygen atoms in total. The Bertz CT molecular complexity index is 640. The fraction of sp³-hybridized carbons (Fsp3) is 0.632. The number of hydrogen-bond acceptors (Lipinski definition) is 4. The van der Waals surface area contributed by atoms with E-state index in [9.17, 15) is 4.79 Å². The molecule has 25 heavy (non-hydrogen) atoms. The van der Waals surface area contributed by atoms with Crippen LogP contribution in [0.5, 0.6) is 5.75 Å². The second-order valence-corrected chi connectivity index (χ2v) is 8.15. The predicted molar refractivity (Wildman–Crippen MR) is 100 cm³/mol. The highest BCUT2D eigenvalue weighted by atomic mass is 35.5. The van der Waals surface area contributed by atoms with Crippen molar-refractivity contribution in [3.8, 4) is 5.75 Å². The molecule has 0 spiro atoms. The van der Waals surface area contributed by atoms with Crippen LogP contribution in [0.4, 0.5) is 0 Å². The fourth-order valence-corrected chi connectivity index (χ4v) is 3.96. The summed E-state index contributed by atoms with van der Waals surface area (Å²) in [6, 6.07) is 3.82. The number of nitrogens with zero attached hydrogens (tertiary/aromatic N) is 1. The molecule has 1 aromatic carbocycles. The van der Waals surface area contributed by atoms with Crippen molar-refractivity contribution in [1.29, 1.82) is 0 Å². The van der Waals surface area contributed by atoms with Crippen molar-refractivity contribution >= 4 is 17.5 Å². The van der Waals surface area contributed by atoms with E-state index in [1.165, 1.54) is 0 Å². The molecule has 3 rings (SSSR count). The van der Waals surface area contributed by atoms with Gasteiger partial charge in [0, 0.05) is 36.1 Å². The maximum atomic E-state index is 12.8. The van der Waals surface area contributed by atoms with Crippen molar-refractivity contribution < 1.29 is 9.53 Å². The van der Waals surface area contributed by atoms with Crippen LogP contribution in [0, 0.1) is 0 Å². The Balaban J connectivity index is 1.64. The lowest BCUT2D eigenvalue weighted by Gasteiger charge is -2.32. The van der Waals surface area contributed by atoms with Crippen LogP contribution < -0.4 is 15.8 Å². The van der Waals surface area contributed by atoms with Gasteiger partial charge in [-0.3, -0.25) is 4.79 Å². The predicted octanol–water partition coefficient (Wildman–Crippen LogP) is 2.60. The van der Waals surface area contributed by atoms with Gasteiger partial charge in [-0.25, -0.2) is 0 Å². The number of carbonyl (C=O) groups excluding carboxylic acids is 1. The molecule has 2 heterocycles. The van der Waals surface area contributed by atoms with Crippen molar-refractivity contribution in [2.45, 2.75) is 51.2 Å². The zero-order valence-corrected chi connectivity index (χ0v) is 15.9. The number of carbonyl (C=O) groups is 1. The lowest BCUT2D eigenvalue weighted by atomic mass is 9.99. The van der Waals surface area contributed by atoms with E-state index in [0.717, 1.165) is 57.4 Å². The van der Waals surface area contributed by atoms with Gasteiger partial charge in [0.1, 0.15) is 11.4 Å². The molecule has 1 saturated heterocycles. The average molecular weight is 366 g/mol. The van der Waals surface area contributed by atoms with Gasteiger partial charge >= 0.3 is 0 Å². The van der Waals surface area contributed by atoms with Crippen molar-refractivity contribution in [3.05, 3.63) is 28.3 Å². The first-order chi connectivity index (χ1) is 11.9. The molecule has 2 aliphatic heterocycles. The minimum Gasteiger partial charge on any atom is -0.486 e. The first-order valence-corrected chi connectivity index (χ1v) is 9.50. The van der Waals surface area contributed by atoms with Crippen LogP contribution in [0.1, 0.15) is 49.0 Å². The van der Waals surface area contributed by atoms with Crippen molar-refractivity contribution in [2.24, 2.45) is 5.73 Å². The molecule has 0 atom stereocenters. The highest BCUT2D eigenvalue weighted by Gasteiger charge is 2.34. The Hall–Kier alpha value is -1.30. The summed E-state index contributed by atoms with van der Waals surface area (Å²) in [5.74, 6) is 0.601. The van der Waals surface area contributed by atoms with E-state index >= 15 is 0 Å². The zero-order valence-electron chi connectivity index (χ0n) is 15.1. The van der Waals surface area contributed by atoms with Gasteiger partial charge < -0.3 is 20.7 Å². The van der Waals surface area contributed by atoms with Gasteiger partial charge in [0.25, 0.3) is 5.91 Å². The number of rotatable bonds is 5. The zero-order chi connectivity index (χ0) is 18.0. The van der Waals surface area contributed by atoms with Crippen LogP contribution in [-0.4, -0.2) is 48.6 Å². The van der Waals surface area contributed by atoms with E-state index in [4.69, 9.17) is 22.1 Å². The molecule has 0 aromatic heterocycles. The number of halogens is 1. The number of likely N-dealkylation sites (tertiary alicyclic amines) is 1. The third-order valence-electron chi connectivity index (χ3n) is 4.97. The largest absolute Gasteiger partial charge is 0.486 e. The van der Waals surface area contributed by atoms with E-state index < -0.39 is 0 Å². The number of fused-ring (bicyclic) bond motifs is 1. The number of piperidine rings is 1. The molecule has 1 aromatic rings. The molecule has 3 N–H and O–H groups in total. The summed E-state index contributed by atoms with van der Waals surface area (Å²) in [4.78, 5) is 15.2. The fourth-order valence-electron chi connectivity index (χ4n) is 3.72. The molecule has 0 radical (unpaired) electrons. The van der Waals surface area contributed by atoms with Gasteiger partial charge in [-0.15, -0.1) is 0 Å². The summed E-state index contributed by atoms with van der Waals surface area (Å²) in [5.41, 5.74) is 6.85. The summed E-state index contributed by atoms with van der Waals surface area (Å²) in [5, 5.41) is 3.75.